The van der Waals surface area contributed by atoms with E-state index >= 15 is 0 Å². The van der Waals surface area contributed by atoms with Gasteiger partial charge >= 0.3 is 0 Å². The van der Waals surface area contributed by atoms with Crippen LogP contribution in [0.2, 0.25) is 0 Å². The van der Waals surface area contributed by atoms with Crippen molar-refractivity contribution in [3.05, 3.63) is 11.9 Å². The average Bonchev–Trinajstić information content (AvgIpc) is 3.22. The minimum Gasteiger partial charge on any atom is -0.370 e. The maximum absolute atomic E-state index is 4.74. The van der Waals surface area contributed by atoms with Crippen LogP contribution < -0.4 is 10.6 Å². The standard InChI is InChI=1S/C16H26N4/c1-4-17-14-9-15(20-16(19-14)12-6-7-12)18-13-8-5-10(2)11(13)3/h9-13H,4-8H2,1-3H3,(H2,17,18,19,20). The van der Waals surface area contributed by atoms with Crippen molar-refractivity contribution in [3.63, 3.8) is 0 Å². The van der Waals surface area contributed by atoms with Crippen molar-refractivity contribution in [2.45, 2.75) is 58.4 Å². The average molecular weight is 274 g/mol. The normalized spacial score (nSPS) is 29.4. The molecule has 4 heteroatoms. The van der Waals surface area contributed by atoms with Crippen LogP contribution in [0.3, 0.4) is 0 Å². The van der Waals surface area contributed by atoms with Crippen LogP contribution in [0.5, 0.6) is 0 Å². The molecule has 0 aliphatic heterocycles. The Morgan fingerprint density at radius 1 is 1.10 bits per heavy atom. The third-order valence-corrected chi connectivity index (χ3v) is 4.84. The molecule has 0 bridgehead atoms. The Balaban J connectivity index is 1.77. The minimum atomic E-state index is 0.557. The lowest BCUT2D eigenvalue weighted by Gasteiger charge is -2.21. The van der Waals surface area contributed by atoms with Crippen LogP contribution >= 0.6 is 0 Å². The van der Waals surface area contributed by atoms with Gasteiger partial charge < -0.3 is 10.6 Å². The fourth-order valence-corrected chi connectivity index (χ4v) is 3.09. The molecular weight excluding hydrogens is 248 g/mol. The molecular formula is C16H26N4. The highest BCUT2D eigenvalue weighted by Gasteiger charge is 2.31. The maximum atomic E-state index is 4.74. The molecule has 2 aliphatic rings. The quantitative estimate of drug-likeness (QED) is 0.861. The fraction of sp³-hybridized carbons (Fsp3) is 0.750. The number of aromatic nitrogens is 2. The predicted octanol–water partition coefficient (Wildman–Crippen LogP) is 3.63. The Morgan fingerprint density at radius 2 is 1.85 bits per heavy atom. The van der Waals surface area contributed by atoms with Crippen molar-refractivity contribution in [1.82, 2.24) is 9.97 Å². The molecule has 0 aromatic carbocycles. The van der Waals surface area contributed by atoms with Crippen molar-refractivity contribution >= 4 is 11.6 Å². The molecule has 110 valence electrons. The Morgan fingerprint density at radius 3 is 2.45 bits per heavy atom. The van der Waals surface area contributed by atoms with E-state index < -0.39 is 0 Å². The zero-order chi connectivity index (χ0) is 14.1. The topological polar surface area (TPSA) is 49.8 Å². The van der Waals surface area contributed by atoms with Crippen LogP contribution in [0.25, 0.3) is 0 Å². The molecule has 2 fully saturated rings. The van der Waals surface area contributed by atoms with Gasteiger partial charge in [0.2, 0.25) is 0 Å². The van der Waals surface area contributed by atoms with Gasteiger partial charge in [-0.25, -0.2) is 9.97 Å². The van der Waals surface area contributed by atoms with Gasteiger partial charge in [-0.2, -0.15) is 0 Å². The lowest BCUT2D eigenvalue weighted by Crippen LogP contribution is -2.25. The number of nitrogens with zero attached hydrogens (tertiary/aromatic N) is 2. The number of nitrogens with one attached hydrogen (secondary N) is 2. The van der Waals surface area contributed by atoms with Crippen LogP contribution in [0, 0.1) is 11.8 Å². The smallest absolute Gasteiger partial charge is 0.136 e. The molecule has 1 aromatic heterocycles. The highest BCUT2D eigenvalue weighted by molar-refractivity contribution is 5.49. The fourth-order valence-electron chi connectivity index (χ4n) is 3.09. The molecule has 2 aliphatic carbocycles. The molecule has 0 radical (unpaired) electrons. The summed E-state index contributed by atoms with van der Waals surface area (Å²) < 4.78 is 0. The lowest BCUT2D eigenvalue weighted by molar-refractivity contribution is 0.435. The highest BCUT2D eigenvalue weighted by Crippen LogP contribution is 2.39. The van der Waals surface area contributed by atoms with Gasteiger partial charge in [0, 0.05) is 24.6 Å². The third kappa shape index (κ3) is 2.89. The van der Waals surface area contributed by atoms with Crippen molar-refractivity contribution in [1.29, 1.82) is 0 Å². The van der Waals surface area contributed by atoms with E-state index in [0.717, 1.165) is 35.8 Å². The van der Waals surface area contributed by atoms with Crippen molar-refractivity contribution in [2.24, 2.45) is 11.8 Å². The second-order valence-electron chi connectivity index (χ2n) is 6.47. The van der Waals surface area contributed by atoms with Gasteiger partial charge in [0.1, 0.15) is 17.5 Å². The summed E-state index contributed by atoms with van der Waals surface area (Å²) in [6.45, 7) is 7.71. The monoisotopic (exact) mass is 274 g/mol. The van der Waals surface area contributed by atoms with E-state index in [1.54, 1.807) is 0 Å². The molecule has 4 nitrogen and oxygen atoms in total. The van der Waals surface area contributed by atoms with Crippen LogP contribution in [0.4, 0.5) is 11.6 Å². The summed E-state index contributed by atoms with van der Waals surface area (Å²) in [6, 6.07) is 2.62. The molecule has 3 rings (SSSR count). The number of rotatable bonds is 5. The van der Waals surface area contributed by atoms with Crippen LogP contribution in [0.15, 0.2) is 6.07 Å². The van der Waals surface area contributed by atoms with Crippen molar-refractivity contribution < 1.29 is 0 Å². The Bertz CT molecular complexity index is 470. The first-order chi connectivity index (χ1) is 9.67. The van der Waals surface area contributed by atoms with Gasteiger partial charge in [0.15, 0.2) is 0 Å². The Hall–Kier alpha value is -1.32. The molecule has 3 unspecified atom stereocenters. The van der Waals surface area contributed by atoms with Gasteiger partial charge in [-0.15, -0.1) is 0 Å². The zero-order valence-electron chi connectivity index (χ0n) is 12.8. The van der Waals surface area contributed by atoms with Gasteiger partial charge in [-0.05, 0) is 44.4 Å². The highest BCUT2D eigenvalue weighted by atomic mass is 15.1. The van der Waals surface area contributed by atoms with E-state index in [1.165, 1.54) is 25.7 Å². The molecule has 2 N–H and O–H groups in total. The first-order valence-electron chi connectivity index (χ1n) is 8.06. The first-order valence-corrected chi connectivity index (χ1v) is 8.06. The Kier molecular flexibility index (Phi) is 3.81. The Labute approximate surface area is 121 Å². The van der Waals surface area contributed by atoms with Crippen LogP contribution in [-0.4, -0.2) is 22.6 Å². The summed E-state index contributed by atoms with van der Waals surface area (Å²) in [7, 11) is 0. The molecule has 0 spiro atoms. The molecule has 0 amide bonds. The number of anilines is 2. The predicted molar refractivity (Wildman–Crippen MR) is 83.1 cm³/mol. The van der Waals surface area contributed by atoms with E-state index in [0.29, 0.717) is 12.0 Å². The first kappa shape index (κ1) is 13.7. The van der Waals surface area contributed by atoms with Crippen LogP contribution in [0.1, 0.15) is 58.2 Å². The summed E-state index contributed by atoms with van der Waals surface area (Å²) in [4.78, 5) is 9.37. The molecule has 1 aromatic rings. The maximum Gasteiger partial charge on any atom is 0.136 e. The summed E-state index contributed by atoms with van der Waals surface area (Å²) in [6.07, 6.45) is 5.05. The molecule has 2 saturated carbocycles. The molecule has 1 heterocycles. The molecule has 20 heavy (non-hydrogen) atoms. The number of hydrogen-bond acceptors (Lipinski definition) is 4. The zero-order valence-corrected chi connectivity index (χ0v) is 12.8. The van der Waals surface area contributed by atoms with Crippen LogP contribution in [-0.2, 0) is 0 Å². The van der Waals surface area contributed by atoms with Gasteiger partial charge in [0.05, 0.1) is 0 Å². The summed E-state index contributed by atoms with van der Waals surface area (Å²) in [5.74, 6) is 5.11. The summed E-state index contributed by atoms with van der Waals surface area (Å²) in [5.41, 5.74) is 0. The molecule has 0 saturated heterocycles. The van der Waals surface area contributed by atoms with E-state index in [-0.39, 0.29) is 0 Å². The second-order valence-corrected chi connectivity index (χ2v) is 6.47. The lowest BCUT2D eigenvalue weighted by atomic mass is 9.98. The van der Waals surface area contributed by atoms with E-state index in [1.807, 2.05) is 0 Å². The SMILES string of the molecule is CCNc1cc(NC2CCC(C)C2C)nc(C2CC2)n1. The van der Waals surface area contributed by atoms with Gasteiger partial charge in [-0.3, -0.25) is 0 Å². The van der Waals surface area contributed by atoms with E-state index in [2.05, 4.69) is 42.5 Å². The minimum absolute atomic E-state index is 0.557. The third-order valence-electron chi connectivity index (χ3n) is 4.84. The van der Waals surface area contributed by atoms with E-state index in [4.69, 9.17) is 4.98 Å². The number of hydrogen-bond donors (Lipinski definition) is 2. The van der Waals surface area contributed by atoms with E-state index in [9.17, 15) is 0 Å². The summed E-state index contributed by atoms with van der Waals surface area (Å²) in [5, 5.41) is 6.98. The van der Waals surface area contributed by atoms with Crippen molar-refractivity contribution in [2.75, 3.05) is 17.2 Å². The van der Waals surface area contributed by atoms with Gasteiger partial charge in [0.25, 0.3) is 0 Å². The van der Waals surface area contributed by atoms with Crippen molar-refractivity contribution in [3.8, 4) is 0 Å². The van der Waals surface area contributed by atoms with Gasteiger partial charge in [-0.1, -0.05) is 13.8 Å². The largest absolute Gasteiger partial charge is 0.370 e. The second kappa shape index (κ2) is 5.58. The summed E-state index contributed by atoms with van der Waals surface area (Å²) >= 11 is 0. The molecule has 3 atom stereocenters.